The van der Waals surface area contributed by atoms with E-state index in [9.17, 15) is 0 Å². The van der Waals surface area contributed by atoms with E-state index in [1.54, 1.807) is 11.3 Å². The summed E-state index contributed by atoms with van der Waals surface area (Å²) in [6.45, 7) is 0. The lowest BCUT2D eigenvalue weighted by Gasteiger charge is -2.00. The highest BCUT2D eigenvalue weighted by Gasteiger charge is 2.05. The van der Waals surface area contributed by atoms with Crippen molar-refractivity contribution in [2.75, 3.05) is 0 Å². The molecule has 3 rings (SSSR count). The maximum absolute atomic E-state index is 6.17. The number of halogens is 1. The van der Waals surface area contributed by atoms with Crippen LogP contribution in [0.25, 0.3) is 21.0 Å². The van der Waals surface area contributed by atoms with Gasteiger partial charge in [0, 0.05) is 15.8 Å². The predicted octanol–water partition coefficient (Wildman–Crippen LogP) is 4.10. The molecule has 3 heteroatoms. The van der Waals surface area contributed by atoms with Gasteiger partial charge in [-0.15, -0.1) is 11.3 Å². The average molecular weight is 220 g/mol. The minimum absolute atomic E-state index is 0.803. The molecule has 1 heterocycles. The van der Waals surface area contributed by atoms with Gasteiger partial charge in [0.15, 0.2) is 0 Å². The number of hydrogen-bond donors (Lipinski definition) is 0. The van der Waals surface area contributed by atoms with E-state index in [0.29, 0.717) is 0 Å². The van der Waals surface area contributed by atoms with Crippen molar-refractivity contribution in [3.63, 3.8) is 0 Å². The second kappa shape index (κ2) is 2.94. The number of rotatable bonds is 0. The van der Waals surface area contributed by atoms with E-state index in [0.717, 1.165) is 26.0 Å². The molecule has 3 aromatic rings. The van der Waals surface area contributed by atoms with Gasteiger partial charge in [-0.25, -0.2) is 4.98 Å². The van der Waals surface area contributed by atoms with Crippen molar-refractivity contribution in [3.05, 3.63) is 40.9 Å². The number of aromatic nitrogens is 1. The molecule has 0 spiro atoms. The van der Waals surface area contributed by atoms with Crippen LogP contribution in [0.5, 0.6) is 0 Å². The third-order valence-corrected chi connectivity index (χ3v) is 3.38. The Hall–Kier alpha value is -1.12. The maximum Gasteiger partial charge on any atom is 0.0891 e. The smallest absolute Gasteiger partial charge is 0.0891 e. The number of hydrogen-bond acceptors (Lipinski definition) is 2. The normalized spacial score (nSPS) is 11.2. The molecule has 14 heavy (non-hydrogen) atoms. The van der Waals surface area contributed by atoms with E-state index in [4.69, 9.17) is 11.6 Å². The van der Waals surface area contributed by atoms with Gasteiger partial charge < -0.3 is 0 Å². The summed E-state index contributed by atoms with van der Waals surface area (Å²) in [5.74, 6) is 0. The Morgan fingerprint density at radius 1 is 1.14 bits per heavy atom. The second-order valence-corrected chi connectivity index (χ2v) is 4.40. The maximum atomic E-state index is 6.17. The van der Waals surface area contributed by atoms with Crippen LogP contribution in [0.4, 0.5) is 0 Å². The molecule has 0 fully saturated rings. The molecule has 0 aliphatic heterocycles. The van der Waals surface area contributed by atoms with Crippen LogP contribution in [0.1, 0.15) is 0 Å². The summed E-state index contributed by atoms with van der Waals surface area (Å²) in [6.07, 6.45) is 0. The van der Waals surface area contributed by atoms with Gasteiger partial charge in [0.05, 0.1) is 15.7 Å². The van der Waals surface area contributed by atoms with Crippen LogP contribution < -0.4 is 0 Å². The molecule has 1 nitrogen and oxygen atoms in total. The Kier molecular flexibility index (Phi) is 1.72. The first-order chi connectivity index (χ1) is 6.86. The van der Waals surface area contributed by atoms with Gasteiger partial charge in [-0.05, 0) is 6.07 Å². The fourth-order valence-electron chi connectivity index (χ4n) is 1.65. The molecule has 0 unspecified atom stereocenters. The summed E-state index contributed by atoms with van der Waals surface area (Å²) in [5.41, 5.74) is 2.91. The molecule has 0 amide bonds. The molecule has 68 valence electrons. The molecule has 0 atom stereocenters. The quantitative estimate of drug-likeness (QED) is 0.555. The topological polar surface area (TPSA) is 12.9 Å². The Bertz CT molecular complexity index is 615. The van der Waals surface area contributed by atoms with Crippen molar-refractivity contribution in [2.24, 2.45) is 0 Å². The van der Waals surface area contributed by atoms with Gasteiger partial charge in [-0.2, -0.15) is 0 Å². The minimum atomic E-state index is 0.803. The second-order valence-electron chi connectivity index (χ2n) is 3.10. The summed E-state index contributed by atoms with van der Waals surface area (Å²) in [7, 11) is 0. The minimum Gasteiger partial charge on any atom is -0.244 e. The van der Waals surface area contributed by atoms with Crippen LogP contribution in [0, 0.1) is 0 Å². The number of nitrogens with zero attached hydrogens (tertiary/aromatic N) is 1. The molecule has 0 radical (unpaired) electrons. The SMILES string of the molecule is Clc1cc2scnc2c2ccccc12. The number of thiazole rings is 1. The van der Waals surface area contributed by atoms with Crippen molar-refractivity contribution in [2.45, 2.75) is 0 Å². The van der Waals surface area contributed by atoms with Crippen LogP contribution in [-0.2, 0) is 0 Å². The molecule has 0 saturated carbocycles. The Morgan fingerprint density at radius 3 is 2.79 bits per heavy atom. The van der Waals surface area contributed by atoms with Crippen LogP contribution in [-0.4, -0.2) is 4.98 Å². The highest BCUT2D eigenvalue weighted by atomic mass is 35.5. The van der Waals surface area contributed by atoms with E-state index < -0.39 is 0 Å². The molecular formula is C11H6ClNS. The highest BCUT2D eigenvalue weighted by molar-refractivity contribution is 7.16. The fourth-order valence-corrected chi connectivity index (χ4v) is 2.72. The molecule has 0 aliphatic rings. The molecule has 0 saturated heterocycles. The first kappa shape index (κ1) is 8.21. The van der Waals surface area contributed by atoms with Crippen molar-refractivity contribution in [3.8, 4) is 0 Å². The third-order valence-electron chi connectivity index (χ3n) is 2.29. The monoisotopic (exact) mass is 219 g/mol. The van der Waals surface area contributed by atoms with Crippen molar-refractivity contribution < 1.29 is 0 Å². The van der Waals surface area contributed by atoms with Gasteiger partial charge in [0.2, 0.25) is 0 Å². The Morgan fingerprint density at radius 2 is 1.93 bits per heavy atom. The van der Waals surface area contributed by atoms with Crippen LogP contribution in [0.3, 0.4) is 0 Å². The number of fused-ring (bicyclic) bond motifs is 3. The summed E-state index contributed by atoms with van der Waals surface area (Å²) in [6, 6.07) is 10.1. The van der Waals surface area contributed by atoms with E-state index in [-0.39, 0.29) is 0 Å². The largest absolute Gasteiger partial charge is 0.244 e. The van der Waals surface area contributed by atoms with Gasteiger partial charge >= 0.3 is 0 Å². The molecule has 1 aromatic heterocycles. The Balaban J connectivity index is 2.67. The lowest BCUT2D eigenvalue weighted by Crippen LogP contribution is -1.76. The van der Waals surface area contributed by atoms with Gasteiger partial charge in [0.25, 0.3) is 0 Å². The van der Waals surface area contributed by atoms with Gasteiger partial charge in [-0.3, -0.25) is 0 Å². The molecular weight excluding hydrogens is 214 g/mol. The van der Waals surface area contributed by atoms with E-state index in [2.05, 4.69) is 11.1 Å². The fraction of sp³-hybridized carbons (Fsp3) is 0. The average Bonchev–Trinajstić information content (AvgIpc) is 2.66. The molecule has 0 bridgehead atoms. The summed E-state index contributed by atoms with van der Waals surface area (Å²) in [5, 5.41) is 3.01. The summed E-state index contributed by atoms with van der Waals surface area (Å²) < 4.78 is 1.15. The first-order valence-electron chi connectivity index (χ1n) is 4.27. The molecule has 2 aromatic carbocycles. The molecule has 0 N–H and O–H groups in total. The van der Waals surface area contributed by atoms with Crippen molar-refractivity contribution in [1.82, 2.24) is 4.98 Å². The zero-order chi connectivity index (χ0) is 9.54. The van der Waals surface area contributed by atoms with Crippen LogP contribution >= 0.6 is 22.9 Å². The zero-order valence-electron chi connectivity index (χ0n) is 7.20. The van der Waals surface area contributed by atoms with E-state index >= 15 is 0 Å². The van der Waals surface area contributed by atoms with Crippen LogP contribution in [0.2, 0.25) is 5.02 Å². The lowest BCUT2D eigenvalue weighted by atomic mass is 10.1. The van der Waals surface area contributed by atoms with Crippen molar-refractivity contribution >= 4 is 43.9 Å². The number of benzene rings is 2. The van der Waals surface area contributed by atoms with E-state index in [1.165, 1.54) is 0 Å². The van der Waals surface area contributed by atoms with Crippen molar-refractivity contribution in [1.29, 1.82) is 0 Å². The zero-order valence-corrected chi connectivity index (χ0v) is 8.77. The van der Waals surface area contributed by atoms with Gasteiger partial charge in [-0.1, -0.05) is 35.9 Å². The van der Waals surface area contributed by atoms with Crippen LogP contribution in [0.15, 0.2) is 35.8 Å². The summed E-state index contributed by atoms with van der Waals surface area (Å²) >= 11 is 7.79. The standard InChI is InChI=1S/C11H6ClNS/c12-9-5-10-11(13-6-14-10)8-4-2-1-3-7(8)9/h1-6H. The van der Waals surface area contributed by atoms with E-state index in [1.807, 2.05) is 29.8 Å². The first-order valence-corrected chi connectivity index (χ1v) is 5.52. The Labute approximate surface area is 90.0 Å². The predicted molar refractivity (Wildman–Crippen MR) is 62.1 cm³/mol. The highest BCUT2D eigenvalue weighted by Crippen LogP contribution is 2.32. The lowest BCUT2D eigenvalue weighted by molar-refractivity contribution is 1.52. The summed E-state index contributed by atoms with van der Waals surface area (Å²) in [4.78, 5) is 4.35. The van der Waals surface area contributed by atoms with Gasteiger partial charge in [0.1, 0.15) is 0 Å². The third kappa shape index (κ3) is 1.04. The molecule has 0 aliphatic carbocycles.